The summed E-state index contributed by atoms with van der Waals surface area (Å²) in [7, 11) is 0. The summed E-state index contributed by atoms with van der Waals surface area (Å²) in [5.74, 6) is 0. The van der Waals surface area contributed by atoms with E-state index in [1.807, 2.05) is 0 Å². The Balaban J connectivity index is 3.92. The number of rotatable bonds is 10. The molecule has 4 atom stereocenters. The van der Waals surface area contributed by atoms with E-state index in [2.05, 4.69) is 31.9 Å². The molecule has 0 aliphatic rings. The summed E-state index contributed by atoms with van der Waals surface area (Å²) in [4.78, 5) is 34.9. The molecule has 152 valence electrons. The van der Waals surface area contributed by atoms with Crippen LogP contribution in [0.3, 0.4) is 0 Å². The largest absolute Gasteiger partial charge is 0.337 e. The molecule has 0 aromatic carbocycles. The number of carbonyl (C=O) groups is 3. The Hall–Kier alpha value is -2.27. The van der Waals surface area contributed by atoms with Gasteiger partial charge in [0.2, 0.25) is 0 Å². The van der Waals surface area contributed by atoms with E-state index in [9.17, 15) is 14.4 Å². The molecule has 26 heavy (non-hydrogen) atoms. The van der Waals surface area contributed by atoms with Crippen LogP contribution in [0.15, 0.2) is 0 Å². The summed E-state index contributed by atoms with van der Waals surface area (Å²) >= 11 is 0. The highest BCUT2D eigenvalue weighted by atomic mass is 16.2. The predicted octanol–water partition coefficient (Wildman–Crippen LogP) is -1.64. The van der Waals surface area contributed by atoms with Gasteiger partial charge in [-0.15, -0.1) is 0 Å². The summed E-state index contributed by atoms with van der Waals surface area (Å²) in [5, 5.41) is 15.9. The third-order valence-electron chi connectivity index (χ3n) is 3.21. The Morgan fingerprint density at radius 2 is 1.04 bits per heavy atom. The zero-order valence-electron chi connectivity index (χ0n) is 16.0. The Kier molecular flexibility index (Phi) is 11.9. The van der Waals surface area contributed by atoms with Gasteiger partial charge < -0.3 is 43.4 Å². The first kappa shape index (κ1) is 23.7. The second-order valence-electron chi connectivity index (χ2n) is 6.48. The molecule has 0 radical (unpaired) electrons. The van der Waals surface area contributed by atoms with E-state index in [0.29, 0.717) is 13.1 Å². The van der Waals surface area contributed by atoms with E-state index in [1.54, 1.807) is 27.7 Å². The van der Waals surface area contributed by atoms with Gasteiger partial charge >= 0.3 is 18.1 Å². The van der Waals surface area contributed by atoms with Crippen molar-refractivity contribution in [1.29, 1.82) is 0 Å². The van der Waals surface area contributed by atoms with Gasteiger partial charge in [0, 0.05) is 50.3 Å². The predicted molar refractivity (Wildman–Crippen MR) is 101 cm³/mol. The van der Waals surface area contributed by atoms with Crippen LogP contribution in [0.5, 0.6) is 0 Å². The minimum Gasteiger partial charge on any atom is -0.337 e. The quantitative estimate of drug-likeness (QED) is 0.228. The minimum atomic E-state index is -0.389. The van der Waals surface area contributed by atoms with Gasteiger partial charge in [-0.1, -0.05) is 0 Å². The van der Waals surface area contributed by atoms with Crippen LogP contribution in [0.1, 0.15) is 27.7 Å². The maximum Gasteiger partial charge on any atom is 0.315 e. The van der Waals surface area contributed by atoms with E-state index in [4.69, 9.17) is 11.5 Å². The molecule has 0 aromatic rings. The van der Waals surface area contributed by atoms with Gasteiger partial charge in [0.15, 0.2) is 0 Å². The van der Waals surface area contributed by atoms with Crippen molar-refractivity contribution in [3.05, 3.63) is 0 Å². The normalized spacial score (nSPS) is 15.0. The monoisotopic (exact) mass is 374 g/mol. The van der Waals surface area contributed by atoms with Crippen molar-refractivity contribution in [2.75, 3.05) is 26.2 Å². The minimum absolute atomic E-state index is 0.124. The first-order chi connectivity index (χ1) is 12.1. The smallest absolute Gasteiger partial charge is 0.315 e. The lowest BCUT2D eigenvalue weighted by Crippen LogP contribution is -2.52. The van der Waals surface area contributed by atoms with Crippen molar-refractivity contribution < 1.29 is 14.4 Å². The van der Waals surface area contributed by atoms with Crippen LogP contribution >= 0.6 is 0 Å². The first-order valence-electron chi connectivity index (χ1n) is 8.72. The lowest BCUT2D eigenvalue weighted by Gasteiger charge is -2.19. The number of nitrogens with one attached hydrogen (secondary N) is 6. The van der Waals surface area contributed by atoms with Gasteiger partial charge in [-0.05, 0) is 27.7 Å². The standard InChI is InChI=1S/C15H34N8O3/c1-9(17)6-18-13(24)22-11(3)8-20-15(26)23-12(4)7-19-14(25)21-10(2)5-16/h9-12H,5-8,16-17H2,1-4H3,(H2,18,22,24)(H2,19,21,25)(H2,20,23,26). The molecule has 0 rings (SSSR count). The van der Waals surface area contributed by atoms with Crippen molar-refractivity contribution in [3.8, 4) is 0 Å². The molecule has 0 saturated carbocycles. The number of amides is 6. The van der Waals surface area contributed by atoms with E-state index < -0.39 is 0 Å². The average Bonchev–Trinajstić information content (AvgIpc) is 2.56. The number of carbonyl (C=O) groups excluding carboxylic acids is 3. The number of hydrogen-bond donors (Lipinski definition) is 8. The molecule has 11 nitrogen and oxygen atoms in total. The second-order valence-corrected chi connectivity index (χ2v) is 6.48. The van der Waals surface area contributed by atoms with Crippen molar-refractivity contribution in [3.63, 3.8) is 0 Å². The number of hydrogen-bond acceptors (Lipinski definition) is 5. The van der Waals surface area contributed by atoms with E-state index >= 15 is 0 Å². The fraction of sp³-hybridized carbons (Fsp3) is 0.800. The lowest BCUT2D eigenvalue weighted by atomic mass is 10.3. The third kappa shape index (κ3) is 13.1. The van der Waals surface area contributed by atoms with E-state index in [-0.39, 0.29) is 55.4 Å². The summed E-state index contributed by atoms with van der Waals surface area (Å²) < 4.78 is 0. The molecule has 6 amide bonds. The number of nitrogens with two attached hydrogens (primary N) is 2. The van der Waals surface area contributed by atoms with Gasteiger partial charge in [0.1, 0.15) is 0 Å². The highest BCUT2D eigenvalue weighted by Crippen LogP contribution is 1.84. The van der Waals surface area contributed by atoms with Crippen molar-refractivity contribution in [2.45, 2.75) is 51.9 Å². The van der Waals surface area contributed by atoms with Crippen LogP contribution < -0.4 is 43.4 Å². The molecule has 10 N–H and O–H groups in total. The summed E-state index contributed by atoms with van der Waals surface area (Å²) in [6.45, 7) is 8.34. The van der Waals surface area contributed by atoms with Crippen molar-refractivity contribution >= 4 is 18.1 Å². The first-order valence-corrected chi connectivity index (χ1v) is 8.72. The zero-order chi connectivity index (χ0) is 20.1. The maximum absolute atomic E-state index is 11.8. The van der Waals surface area contributed by atoms with Crippen LogP contribution in [0.25, 0.3) is 0 Å². The molecule has 0 fully saturated rings. The van der Waals surface area contributed by atoms with Crippen molar-refractivity contribution in [1.82, 2.24) is 31.9 Å². The molecular formula is C15H34N8O3. The van der Waals surface area contributed by atoms with Crippen LogP contribution in [0, 0.1) is 0 Å². The van der Waals surface area contributed by atoms with Crippen LogP contribution in [0.2, 0.25) is 0 Å². The SMILES string of the molecule is CC(N)CNC(=O)NC(C)CNC(=O)NC(C)CNC(=O)NC(C)CN. The van der Waals surface area contributed by atoms with Crippen LogP contribution in [-0.2, 0) is 0 Å². The van der Waals surface area contributed by atoms with Crippen LogP contribution in [-0.4, -0.2) is 68.4 Å². The van der Waals surface area contributed by atoms with Gasteiger partial charge in [-0.2, -0.15) is 0 Å². The fourth-order valence-electron chi connectivity index (χ4n) is 1.73. The molecule has 11 heteroatoms. The number of urea groups is 3. The molecule has 0 aliphatic heterocycles. The Morgan fingerprint density at radius 3 is 1.38 bits per heavy atom. The fourth-order valence-corrected chi connectivity index (χ4v) is 1.73. The lowest BCUT2D eigenvalue weighted by molar-refractivity contribution is 0.229. The molecular weight excluding hydrogens is 340 g/mol. The highest BCUT2D eigenvalue weighted by Gasteiger charge is 2.12. The molecule has 4 unspecified atom stereocenters. The second kappa shape index (κ2) is 13.0. The van der Waals surface area contributed by atoms with Gasteiger partial charge in [-0.3, -0.25) is 0 Å². The Bertz CT molecular complexity index is 447. The van der Waals surface area contributed by atoms with Crippen molar-refractivity contribution in [2.24, 2.45) is 11.5 Å². The summed E-state index contributed by atoms with van der Waals surface area (Å²) in [5.41, 5.74) is 11.0. The molecule has 0 heterocycles. The Morgan fingerprint density at radius 1 is 0.692 bits per heavy atom. The molecule has 0 bridgehead atoms. The van der Waals surface area contributed by atoms with Gasteiger partial charge in [0.25, 0.3) is 0 Å². The van der Waals surface area contributed by atoms with E-state index in [0.717, 1.165) is 0 Å². The highest BCUT2D eigenvalue weighted by molar-refractivity contribution is 5.76. The average molecular weight is 374 g/mol. The molecule has 0 aromatic heterocycles. The molecule has 0 saturated heterocycles. The third-order valence-corrected chi connectivity index (χ3v) is 3.21. The van der Waals surface area contributed by atoms with Crippen LogP contribution in [0.4, 0.5) is 14.4 Å². The maximum atomic E-state index is 11.8. The summed E-state index contributed by atoms with van der Waals surface area (Å²) in [6, 6.07) is -1.85. The molecule has 0 spiro atoms. The topological polar surface area (TPSA) is 175 Å². The van der Waals surface area contributed by atoms with Gasteiger partial charge in [-0.25, -0.2) is 14.4 Å². The van der Waals surface area contributed by atoms with Gasteiger partial charge in [0.05, 0.1) is 0 Å². The molecule has 0 aliphatic carbocycles. The van der Waals surface area contributed by atoms with E-state index in [1.165, 1.54) is 0 Å². The zero-order valence-corrected chi connectivity index (χ0v) is 16.0. The Labute approximate surface area is 154 Å². The summed E-state index contributed by atoms with van der Waals surface area (Å²) in [6.07, 6.45) is 0.